The van der Waals surface area contributed by atoms with E-state index in [1.807, 2.05) is 25.1 Å². The summed E-state index contributed by atoms with van der Waals surface area (Å²) >= 11 is 0. The number of carbonyl (C=O) groups excluding carboxylic acids is 2. The van der Waals surface area contributed by atoms with Crippen LogP contribution in [-0.4, -0.2) is 25.0 Å². The Balaban J connectivity index is 2.55. The molecule has 0 aromatic heterocycles. The smallest absolute Gasteiger partial charge is 0.319 e. The van der Waals surface area contributed by atoms with Crippen LogP contribution in [-0.2, 0) is 11.2 Å². The highest BCUT2D eigenvalue weighted by Gasteiger charge is 2.11. The number of amides is 3. The molecular weight excluding hydrogens is 278 g/mol. The highest BCUT2D eigenvalue weighted by Crippen LogP contribution is 2.15. The molecule has 0 fully saturated rings. The summed E-state index contributed by atoms with van der Waals surface area (Å²) in [5, 5.41) is 8.35. The zero-order chi connectivity index (χ0) is 16.4. The van der Waals surface area contributed by atoms with Gasteiger partial charge in [-0.2, -0.15) is 0 Å². The molecule has 0 bridgehead atoms. The van der Waals surface area contributed by atoms with Gasteiger partial charge in [0.1, 0.15) is 0 Å². The minimum absolute atomic E-state index is 0.0809. The molecule has 3 N–H and O–H groups in total. The Hall–Kier alpha value is -2.04. The van der Waals surface area contributed by atoms with Gasteiger partial charge in [0.05, 0.1) is 6.42 Å². The van der Waals surface area contributed by atoms with Crippen LogP contribution in [0, 0.1) is 0 Å². The fraction of sp³-hybridized carbons (Fsp3) is 0.529. The predicted molar refractivity (Wildman–Crippen MR) is 90.0 cm³/mol. The SMILES string of the molecule is CCCCC[C@H](C)NC(=O)Nc1ccccc1CC(=O)NC. The van der Waals surface area contributed by atoms with Crippen LogP contribution < -0.4 is 16.0 Å². The van der Waals surface area contributed by atoms with Crippen LogP contribution in [0.25, 0.3) is 0 Å². The van der Waals surface area contributed by atoms with E-state index in [1.54, 1.807) is 13.1 Å². The number of rotatable bonds is 8. The first-order chi connectivity index (χ1) is 10.6. The number of carbonyl (C=O) groups is 2. The first kappa shape index (κ1) is 18.0. The Morgan fingerprint density at radius 1 is 1.18 bits per heavy atom. The third kappa shape index (κ3) is 6.61. The molecule has 0 saturated carbocycles. The van der Waals surface area contributed by atoms with Gasteiger partial charge in [-0.3, -0.25) is 4.79 Å². The van der Waals surface area contributed by atoms with Gasteiger partial charge in [-0.1, -0.05) is 44.4 Å². The van der Waals surface area contributed by atoms with Crippen LogP contribution in [0.15, 0.2) is 24.3 Å². The lowest BCUT2D eigenvalue weighted by Crippen LogP contribution is -2.36. The summed E-state index contributed by atoms with van der Waals surface area (Å²) in [5.74, 6) is -0.0809. The summed E-state index contributed by atoms with van der Waals surface area (Å²) in [7, 11) is 1.60. The topological polar surface area (TPSA) is 70.2 Å². The van der Waals surface area contributed by atoms with Gasteiger partial charge in [0.15, 0.2) is 0 Å². The molecule has 1 aromatic carbocycles. The monoisotopic (exact) mass is 305 g/mol. The molecule has 3 amide bonds. The highest BCUT2D eigenvalue weighted by atomic mass is 16.2. The summed E-state index contributed by atoms with van der Waals surface area (Å²) in [6, 6.07) is 7.25. The molecule has 0 heterocycles. The van der Waals surface area contributed by atoms with Crippen molar-refractivity contribution in [3.8, 4) is 0 Å². The lowest BCUT2D eigenvalue weighted by molar-refractivity contribution is -0.119. The normalized spacial score (nSPS) is 11.6. The van der Waals surface area contributed by atoms with Gasteiger partial charge in [0, 0.05) is 18.8 Å². The van der Waals surface area contributed by atoms with Crippen molar-refractivity contribution in [2.75, 3.05) is 12.4 Å². The second kappa shape index (κ2) is 9.82. The van der Waals surface area contributed by atoms with Crippen molar-refractivity contribution in [3.63, 3.8) is 0 Å². The number of anilines is 1. The van der Waals surface area contributed by atoms with Gasteiger partial charge >= 0.3 is 6.03 Å². The number of unbranched alkanes of at least 4 members (excludes halogenated alkanes) is 2. The summed E-state index contributed by atoms with van der Waals surface area (Å²) in [6.45, 7) is 4.17. The van der Waals surface area contributed by atoms with Gasteiger partial charge in [0.2, 0.25) is 5.91 Å². The summed E-state index contributed by atoms with van der Waals surface area (Å²) in [4.78, 5) is 23.5. The van der Waals surface area contributed by atoms with Crippen LogP contribution in [0.1, 0.15) is 45.1 Å². The number of benzene rings is 1. The second-order valence-corrected chi connectivity index (χ2v) is 5.50. The number of para-hydroxylation sites is 1. The van der Waals surface area contributed by atoms with Gasteiger partial charge in [0.25, 0.3) is 0 Å². The lowest BCUT2D eigenvalue weighted by atomic mass is 10.1. The molecule has 0 spiro atoms. The van der Waals surface area contributed by atoms with Crippen LogP contribution in [0.2, 0.25) is 0 Å². The molecule has 122 valence electrons. The molecule has 0 aliphatic carbocycles. The molecule has 5 nitrogen and oxygen atoms in total. The van der Waals surface area contributed by atoms with E-state index >= 15 is 0 Å². The minimum Gasteiger partial charge on any atom is -0.359 e. The largest absolute Gasteiger partial charge is 0.359 e. The van der Waals surface area contributed by atoms with Gasteiger partial charge in [-0.25, -0.2) is 4.79 Å². The van der Waals surface area contributed by atoms with Gasteiger partial charge in [-0.15, -0.1) is 0 Å². The van der Waals surface area contributed by atoms with Crippen LogP contribution >= 0.6 is 0 Å². The van der Waals surface area contributed by atoms with Crippen molar-refractivity contribution < 1.29 is 9.59 Å². The van der Waals surface area contributed by atoms with E-state index in [0.717, 1.165) is 18.4 Å². The summed E-state index contributed by atoms with van der Waals surface area (Å²) in [5.41, 5.74) is 1.47. The molecule has 1 aromatic rings. The van der Waals surface area contributed by atoms with Crippen LogP contribution in [0.5, 0.6) is 0 Å². The van der Waals surface area contributed by atoms with Crippen molar-refractivity contribution in [1.29, 1.82) is 0 Å². The van der Waals surface area contributed by atoms with E-state index in [9.17, 15) is 9.59 Å². The van der Waals surface area contributed by atoms with Crippen LogP contribution in [0.3, 0.4) is 0 Å². The Bertz CT molecular complexity index is 489. The molecular formula is C17H27N3O2. The van der Waals surface area contributed by atoms with Crippen molar-refractivity contribution in [3.05, 3.63) is 29.8 Å². The maximum Gasteiger partial charge on any atom is 0.319 e. The number of likely N-dealkylation sites (N-methyl/N-ethyl adjacent to an activating group) is 1. The fourth-order valence-corrected chi connectivity index (χ4v) is 2.21. The van der Waals surface area contributed by atoms with E-state index in [1.165, 1.54) is 12.8 Å². The average molecular weight is 305 g/mol. The van der Waals surface area contributed by atoms with E-state index in [0.29, 0.717) is 5.69 Å². The van der Waals surface area contributed by atoms with E-state index < -0.39 is 0 Å². The van der Waals surface area contributed by atoms with E-state index in [-0.39, 0.29) is 24.4 Å². The summed E-state index contributed by atoms with van der Waals surface area (Å²) < 4.78 is 0. The second-order valence-electron chi connectivity index (χ2n) is 5.50. The quantitative estimate of drug-likeness (QED) is 0.646. The summed E-state index contributed by atoms with van der Waals surface area (Å²) in [6.07, 6.45) is 4.69. The van der Waals surface area contributed by atoms with Crippen molar-refractivity contribution in [2.24, 2.45) is 0 Å². The van der Waals surface area contributed by atoms with Gasteiger partial charge in [-0.05, 0) is 25.0 Å². The standard InChI is InChI=1S/C17H27N3O2/c1-4-5-6-9-13(2)19-17(22)20-15-11-8-7-10-14(15)12-16(21)18-3/h7-8,10-11,13H,4-6,9,12H2,1-3H3,(H,18,21)(H2,19,20,22)/t13-/m0/s1. The lowest BCUT2D eigenvalue weighted by Gasteiger charge is -2.16. The van der Waals surface area contributed by atoms with Gasteiger partial charge < -0.3 is 16.0 Å². The van der Waals surface area contributed by atoms with E-state index in [2.05, 4.69) is 22.9 Å². The molecule has 0 aliphatic rings. The van der Waals surface area contributed by atoms with Crippen molar-refractivity contribution in [1.82, 2.24) is 10.6 Å². The number of urea groups is 1. The van der Waals surface area contributed by atoms with Crippen LogP contribution in [0.4, 0.5) is 10.5 Å². The maximum absolute atomic E-state index is 12.0. The molecule has 1 atom stereocenters. The predicted octanol–water partition coefficient (Wildman–Crippen LogP) is 3.07. The van der Waals surface area contributed by atoms with Crippen molar-refractivity contribution >= 4 is 17.6 Å². The first-order valence-electron chi connectivity index (χ1n) is 7.92. The number of hydrogen-bond acceptors (Lipinski definition) is 2. The molecule has 0 unspecified atom stereocenters. The zero-order valence-corrected chi connectivity index (χ0v) is 13.7. The molecule has 0 saturated heterocycles. The Morgan fingerprint density at radius 3 is 2.59 bits per heavy atom. The Morgan fingerprint density at radius 2 is 1.91 bits per heavy atom. The molecule has 22 heavy (non-hydrogen) atoms. The minimum atomic E-state index is -0.228. The zero-order valence-electron chi connectivity index (χ0n) is 13.7. The molecule has 0 radical (unpaired) electrons. The molecule has 0 aliphatic heterocycles. The number of hydrogen-bond donors (Lipinski definition) is 3. The third-order valence-corrected chi connectivity index (χ3v) is 3.51. The number of nitrogens with one attached hydrogen (secondary N) is 3. The Kier molecular flexibility index (Phi) is 8.04. The average Bonchev–Trinajstić information content (AvgIpc) is 2.49. The third-order valence-electron chi connectivity index (χ3n) is 3.51. The van der Waals surface area contributed by atoms with E-state index in [4.69, 9.17) is 0 Å². The fourth-order valence-electron chi connectivity index (χ4n) is 2.21. The first-order valence-corrected chi connectivity index (χ1v) is 7.92. The highest BCUT2D eigenvalue weighted by molar-refractivity contribution is 5.91. The van der Waals surface area contributed by atoms with Crippen molar-refractivity contribution in [2.45, 2.75) is 52.0 Å². The Labute approximate surface area is 132 Å². The maximum atomic E-state index is 12.0. The molecule has 5 heteroatoms. The molecule has 1 rings (SSSR count).